The number of hydrogen-bond donors (Lipinski definition) is 1. The van der Waals surface area contributed by atoms with Crippen LogP contribution >= 0.6 is 11.6 Å². The van der Waals surface area contributed by atoms with Crippen molar-refractivity contribution < 1.29 is 4.79 Å². The normalized spacial score (nSPS) is 15.6. The number of rotatable bonds is 4. The molecule has 2 heterocycles. The average molecular weight is 332 g/mol. The highest BCUT2D eigenvalue weighted by Gasteiger charge is 2.20. The maximum Gasteiger partial charge on any atom is 0.176 e. The summed E-state index contributed by atoms with van der Waals surface area (Å²) in [7, 11) is 0. The van der Waals surface area contributed by atoms with E-state index in [9.17, 15) is 4.79 Å². The molecule has 1 saturated heterocycles. The molecule has 1 aromatic carbocycles. The fraction of sp³-hybridized carbons (Fsp3) is 0.312. The molecule has 23 heavy (non-hydrogen) atoms. The first-order valence-corrected chi connectivity index (χ1v) is 7.85. The Morgan fingerprint density at radius 2 is 1.74 bits per heavy atom. The number of piperazine rings is 1. The Balaban J connectivity index is 1.53. The van der Waals surface area contributed by atoms with Gasteiger partial charge in [0, 0.05) is 37.4 Å². The van der Waals surface area contributed by atoms with Crippen molar-refractivity contribution >= 4 is 28.9 Å². The van der Waals surface area contributed by atoms with E-state index in [4.69, 9.17) is 17.3 Å². The third-order valence-corrected chi connectivity index (χ3v) is 4.12. The van der Waals surface area contributed by atoms with Crippen LogP contribution in [0.3, 0.4) is 0 Å². The third-order valence-electron chi connectivity index (χ3n) is 3.91. The van der Waals surface area contributed by atoms with Gasteiger partial charge in [-0.1, -0.05) is 11.6 Å². The number of ketones is 1. The molecule has 0 spiro atoms. The summed E-state index contributed by atoms with van der Waals surface area (Å²) in [6, 6.07) is 10.7. The van der Waals surface area contributed by atoms with Gasteiger partial charge in [0.05, 0.1) is 6.54 Å². The number of carbonyl (C=O) groups is 1. The number of anilines is 2. The van der Waals surface area contributed by atoms with Crippen LogP contribution in [0.15, 0.2) is 36.4 Å². The van der Waals surface area contributed by atoms with Gasteiger partial charge in [-0.3, -0.25) is 9.69 Å². The number of carbonyl (C=O) groups excluding carboxylic acids is 1. The molecule has 1 aromatic heterocycles. The molecule has 0 saturated carbocycles. The van der Waals surface area contributed by atoms with E-state index >= 15 is 0 Å². The van der Waals surface area contributed by atoms with Crippen molar-refractivity contribution in [1.29, 1.82) is 0 Å². The fourth-order valence-electron chi connectivity index (χ4n) is 2.58. The SMILES string of the molecule is Nc1ccc(C(=O)CN2CCN(c3ccc(Cl)nn3)CC2)cc1. The van der Waals surface area contributed by atoms with Crippen LogP contribution in [-0.2, 0) is 0 Å². The van der Waals surface area contributed by atoms with E-state index in [0.717, 1.165) is 32.0 Å². The molecule has 0 amide bonds. The monoisotopic (exact) mass is 331 g/mol. The minimum absolute atomic E-state index is 0.115. The summed E-state index contributed by atoms with van der Waals surface area (Å²) in [5.41, 5.74) is 7.01. The zero-order valence-electron chi connectivity index (χ0n) is 12.7. The van der Waals surface area contributed by atoms with Crippen LogP contribution in [0.25, 0.3) is 0 Å². The molecule has 0 atom stereocenters. The summed E-state index contributed by atoms with van der Waals surface area (Å²) in [6.45, 7) is 3.66. The molecule has 7 heteroatoms. The lowest BCUT2D eigenvalue weighted by Crippen LogP contribution is -2.48. The number of nitrogens with two attached hydrogens (primary N) is 1. The van der Waals surface area contributed by atoms with Gasteiger partial charge in [-0.15, -0.1) is 10.2 Å². The van der Waals surface area contributed by atoms with Crippen LogP contribution < -0.4 is 10.6 Å². The van der Waals surface area contributed by atoms with Gasteiger partial charge in [-0.25, -0.2) is 0 Å². The molecule has 3 rings (SSSR count). The summed E-state index contributed by atoms with van der Waals surface area (Å²) in [6.07, 6.45) is 0. The van der Waals surface area contributed by atoms with Crippen LogP contribution in [0.4, 0.5) is 11.5 Å². The first kappa shape index (κ1) is 15.7. The van der Waals surface area contributed by atoms with Crippen molar-refractivity contribution in [2.24, 2.45) is 0 Å². The number of nitrogen functional groups attached to an aromatic ring is 1. The van der Waals surface area contributed by atoms with Gasteiger partial charge < -0.3 is 10.6 Å². The first-order valence-electron chi connectivity index (χ1n) is 7.47. The van der Waals surface area contributed by atoms with E-state index in [0.29, 0.717) is 22.9 Å². The summed E-state index contributed by atoms with van der Waals surface area (Å²) >= 11 is 5.75. The standard InChI is InChI=1S/C16H18ClN5O/c17-15-5-6-16(20-19-15)22-9-7-21(8-10-22)11-14(23)12-1-3-13(18)4-2-12/h1-6H,7-11,18H2. The molecule has 120 valence electrons. The van der Waals surface area contributed by atoms with E-state index < -0.39 is 0 Å². The Labute approximate surface area is 139 Å². The first-order chi connectivity index (χ1) is 11.1. The lowest BCUT2D eigenvalue weighted by molar-refractivity contribution is 0.0926. The smallest absolute Gasteiger partial charge is 0.176 e. The number of benzene rings is 1. The van der Waals surface area contributed by atoms with Gasteiger partial charge in [-0.05, 0) is 36.4 Å². The Morgan fingerprint density at radius 1 is 1.04 bits per heavy atom. The number of Topliss-reactive ketones (excluding diaryl/α,β-unsaturated/α-hetero) is 1. The zero-order valence-corrected chi connectivity index (χ0v) is 13.4. The Bertz CT molecular complexity index is 666. The second-order valence-corrected chi connectivity index (χ2v) is 5.91. The molecule has 1 aliphatic rings. The number of aromatic nitrogens is 2. The quantitative estimate of drug-likeness (QED) is 0.679. The van der Waals surface area contributed by atoms with Crippen LogP contribution in [0.5, 0.6) is 0 Å². The average Bonchev–Trinajstić information content (AvgIpc) is 2.57. The summed E-state index contributed by atoms with van der Waals surface area (Å²) in [5.74, 6) is 0.934. The molecule has 2 N–H and O–H groups in total. The Kier molecular flexibility index (Phi) is 4.73. The van der Waals surface area contributed by atoms with Crippen LogP contribution in [0.2, 0.25) is 5.15 Å². The molecular weight excluding hydrogens is 314 g/mol. The zero-order chi connectivity index (χ0) is 16.2. The minimum Gasteiger partial charge on any atom is -0.399 e. The second kappa shape index (κ2) is 6.93. The topological polar surface area (TPSA) is 75.4 Å². The van der Waals surface area contributed by atoms with Gasteiger partial charge in [0.2, 0.25) is 0 Å². The highest BCUT2D eigenvalue weighted by molar-refractivity contribution is 6.29. The van der Waals surface area contributed by atoms with Crippen molar-refractivity contribution in [3.8, 4) is 0 Å². The van der Waals surface area contributed by atoms with Gasteiger partial charge in [0.25, 0.3) is 0 Å². The number of nitrogens with zero attached hydrogens (tertiary/aromatic N) is 4. The maximum absolute atomic E-state index is 12.3. The van der Waals surface area contributed by atoms with E-state index in [-0.39, 0.29) is 5.78 Å². The summed E-state index contributed by atoms with van der Waals surface area (Å²) in [5, 5.41) is 8.35. The molecule has 2 aromatic rings. The molecule has 0 aliphatic carbocycles. The van der Waals surface area contributed by atoms with E-state index in [1.807, 2.05) is 6.07 Å². The van der Waals surface area contributed by atoms with Crippen molar-refractivity contribution in [3.63, 3.8) is 0 Å². The lowest BCUT2D eigenvalue weighted by atomic mass is 10.1. The Hall–Kier alpha value is -2.18. The highest BCUT2D eigenvalue weighted by atomic mass is 35.5. The van der Waals surface area contributed by atoms with Crippen LogP contribution in [0.1, 0.15) is 10.4 Å². The maximum atomic E-state index is 12.3. The largest absolute Gasteiger partial charge is 0.399 e. The van der Waals surface area contributed by atoms with E-state index in [2.05, 4.69) is 20.0 Å². The third kappa shape index (κ3) is 3.97. The van der Waals surface area contributed by atoms with Gasteiger partial charge >= 0.3 is 0 Å². The lowest BCUT2D eigenvalue weighted by Gasteiger charge is -2.34. The van der Waals surface area contributed by atoms with Crippen molar-refractivity contribution in [2.45, 2.75) is 0 Å². The molecule has 6 nitrogen and oxygen atoms in total. The minimum atomic E-state index is 0.115. The molecule has 0 unspecified atom stereocenters. The summed E-state index contributed by atoms with van der Waals surface area (Å²) in [4.78, 5) is 16.6. The predicted molar refractivity (Wildman–Crippen MR) is 90.9 cm³/mol. The number of hydrogen-bond acceptors (Lipinski definition) is 6. The van der Waals surface area contributed by atoms with Crippen molar-refractivity contribution in [2.75, 3.05) is 43.4 Å². The molecule has 1 aliphatic heterocycles. The Morgan fingerprint density at radius 3 is 2.35 bits per heavy atom. The summed E-state index contributed by atoms with van der Waals surface area (Å²) < 4.78 is 0. The van der Waals surface area contributed by atoms with E-state index in [1.54, 1.807) is 30.3 Å². The fourth-order valence-corrected chi connectivity index (χ4v) is 2.68. The van der Waals surface area contributed by atoms with E-state index in [1.165, 1.54) is 0 Å². The highest BCUT2D eigenvalue weighted by Crippen LogP contribution is 2.15. The van der Waals surface area contributed by atoms with Gasteiger partial charge in [0.1, 0.15) is 0 Å². The van der Waals surface area contributed by atoms with Crippen LogP contribution in [-0.4, -0.2) is 53.6 Å². The van der Waals surface area contributed by atoms with Gasteiger partial charge in [-0.2, -0.15) is 0 Å². The predicted octanol–water partition coefficient (Wildman–Crippen LogP) is 1.72. The van der Waals surface area contributed by atoms with Gasteiger partial charge in [0.15, 0.2) is 16.8 Å². The molecular formula is C16H18ClN5O. The second-order valence-electron chi connectivity index (χ2n) is 5.52. The number of halogens is 1. The van der Waals surface area contributed by atoms with Crippen molar-refractivity contribution in [1.82, 2.24) is 15.1 Å². The molecule has 0 radical (unpaired) electrons. The van der Waals surface area contributed by atoms with Crippen LogP contribution in [0, 0.1) is 0 Å². The molecule has 1 fully saturated rings. The van der Waals surface area contributed by atoms with Crippen molar-refractivity contribution in [3.05, 3.63) is 47.1 Å². The molecule has 0 bridgehead atoms.